The van der Waals surface area contributed by atoms with Crippen LogP contribution in [0.15, 0.2) is 115 Å². The van der Waals surface area contributed by atoms with Crippen LogP contribution in [0.4, 0.5) is 0 Å². The van der Waals surface area contributed by atoms with Gasteiger partial charge < -0.3 is 0 Å². The quantitative estimate of drug-likeness (QED) is 0.140. The molecule has 0 radical (unpaired) electrons. The topological polar surface area (TPSA) is 12.9 Å². The summed E-state index contributed by atoms with van der Waals surface area (Å²) in [6, 6.07) is 36.9. The van der Waals surface area contributed by atoms with Crippen molar-refractivity contribution in [2.45, 2.75) is 0 Å². The highest BCUT2D eigenvalue weighted by Crippen LogP contribution is 2.35. The number of aromatic nitrogens is 1. The fraction of sp³-hybridized carbons (Fsp3) is 0. The van der Waals surface area contributed by atoms with Crippen LogP contribution >= 0.6 is 0 Å². The monoisotopic (exact) mass is 429 g/mol. The van der Waals surface area contributed by atoms with Crippen molar-refractivity contribution in [3.8, 4) is 23.7 Å². The first kappa shape index (κ1) is 19.8. The van der Waals surface area contributed by atoms with E-state index in [1.54, 1.807) is 0 Å². The summed E-state index contributed by atoms with van der Waals surface area (Å²) in [7, 11) is 0. The van der Waals surface area contributed by atoms with Gasteiger partial charge >= 0.3 is 0 Å². The van der Waals surface area contributed by atoms with E-state index in [-0.39, 0.29) is 0 Å². The van der Waals surface area contributed by atoms with E-state index < -0.39 is 0 Å². The second kappa shape index (κ2) is 8.59. The van der Waals surface area contributed by atoms with Crippen LogP contribution in [0.5, 0.6) is 0 Å². The van der Waals surface area contributed by atoms with E-state index in [1.807, 2.05) is 79.0 Å². The number of benzene rings is 5. The second-order valence-corrected chi connectivity index (χ2v) is 8.09. The van der Waals surface area contributed by atoms with E-state index in [0.717, 1.165) is 54.7 Å². The van der Waals surface area contributed by atoms with Gasteiger partial charge in [-0.1, -0.05) is 103 Å². The molecule has 1 heterocycles. The van der Waals surface area contributed by atoms with Crippen molar-refractivity contribution in [3.63, 3.8) is 0 Å². The molecule has 0 amide bonds. The molecule has 6 aromatic rings. The maximum atomic E-state index is 4.78. The highest BCUT2D eigenvalue weighted by atomic mass is 14.6. The van der Waals surface area contributed by atoms with Crippen LogP contribution in [0, 0.1) is 23.7 Å². The zero-order valence-electron chi connectivity index (χ0n) is 18.4. The molecule has 1 nitrogen and oxygen atoms in total. The Morgan fingerprint density at radius 3 is 1.56 bits per heavy atom. The molecule has 0 aliphatic rings. The van der Waals surface area contributed by atoms with Gasteiger partial charge in [-0.3, -0.25) is 4.98 Å². The first-order chi connectivity index (χ1) is 16.9. The van der Waals surface area contributed by atoms with Crippen LogP contribution in [0.3, 0.4) is 0 Å². The van der Waals surface area contributed by atoms with Gasteiger partial charge in [0.05, 0.1) is 5.52 Å². The van der Waals surface area contributed by atoms with Gasteiger partial charge in [0.2, 0.25) is 0 Å². The number of para-hydroxylation sites is 1. The molecular weight excluding hydrogens is 410 g/mol. The Kier molecular flexibility index (Phi) is 5.00. The lowest BCUT2D eigenvalue weighted by molar-refractivity contribution is 1.44. The van der Waals surface area contributed by atoms with Crippen LogP contribution in [0.2, 0.25) is 0 Å². The van der Waals surface area contributed by atoms with E-state index in [2.05, 4.69) is 60.1 Å². The lowest BCUT2D eigenvalue weighted by Gasteiger charge is -2.12. The molecule has 0 bridgehead atoms. The molecule has 0 saturated heterocycles. The van der Waals surface area contributed by atoms with Crippen LogP contribution in [0.25, 0.3) is 32.4 Å². The predicted octanol–water partition coefficient (Wildman–Crippen LogP) is 7.34. The van der Waals surface area contributed by atoms with Crippen molar-refractivity contribution in [1.29, 1.82) is 0 Å². The number of hydrogen-bond donors (Lipinski definition) is 0. The summed E-state index contributed by atoms with van der Waals surface area (Å²) in [5, 5.41) is 5.41. The van der Waals surface area contributed by atoms with Gasteiger partial charge in [-0.25, -0.2) is 0 Å². The van der Waals surface area contributed by atoms with Gasteiger partial charge in [0.25, 0.3) is 0 Å². The van der Waals surface area contributed by atoms with E-state index >= 15 is 0 Å². The summed E-state index contributed by atoms with van der Waals surface area (Å²) in [6.07, 6.45) is 1.95. The number of fused-ring (bicyclic) bond motifs is 4. The average molecular weight is 430 g/mol. The third-order valence-electron chi connectivity index (χ3n) is 5.97. The molecule has 34 heavy (non-hydrogen) atoms. The van der Waals surface area contributed by atoms with Crippen molar-refractivity contribution in [3.05, 3.63) is 138 Å². The molecule has 0 saturated carbocycles. The van der Waals surface area contributed by atoms with Gasteiger partial charge in [0.15, 0.2) is 0 Å². The van der Waals surface area contributed by atoms with Crippen molar-refractivity contribution in [2.75, 3.05) is 0 Å². The van der Waals surface area contributed by atoms with Gasteiger partial charge in [-0.05, 0) is 41.1 Å². The van der Waals surface area contributed by atoms with Crippen LogP contribution in [0.1, 0.15) is 22.3 Å². The first-order valence-electron chi connectivity index (χ1n) is 11.2. The van der Waals surface area contributed by atoms with Gasteiger partial charge in [0.1, 0.15) is 0 Å². The minimum atomic E-state index is 0.954. The van der Waals surface area contributed by atoms with Crippen molar-refractivity contribution < 1.29 is 0 Å². The summed E-state index contributed by atoms with van der Waals surface area (Å²) < 4.78 is 0. The zero-order chi connectivity index (χ0) is 22.7. The van der Waals surface area contributed by atoms with E-state index in [9.17, 15) is 0 Å². The maximum absolute atomic E-state index is 4.78. The Morgan fingerprint density at radius 1 is 0.412 bits per heavy atom. The van der Waals surface area contributed by atoms with Gasteiger partial charge in [-0.2, -0.15) is 0 Å². The number of rotatable bonds is 0. The third kappa shape index (κ3) is 3.57. The minimum absolute atomic E-state index is 0.954. The Hall–Kier alpha value is -4.85. The largest absolute Gasteiger partial charge is 0.256 e. The molecule has 1 aromatic heterocycles. The fourth-order valence-corrected chi connectivity index (χ4v) is 4.38. The van der Waals surface area contributed by atoms with E-state index in [0.29, 0.717) is 0 Å². The van der Waals surface area contributed by atoms with Crippen molar-refractivity contribution in [2.24, 2.45) is 0 Å². The summed E-state index contributed by atoms with van der Waals surface area (Å²) in [6.45, 7) is 0. The molecule has 5 aromatic carbocycles. The Bertz CT molecular complexity index is 1790. The van der Waals surface area contributed by atoms with E-state index in [4.69, 9.17) is 4.98 Å². The second-order valence-electron chi connectivity index (χ2n) is 8.09. The number of pyridine rings is 1. The zero-order valence-corrected chi connectivity index (χ0v) is 18.4. The fourth-order valence-electron chi connectivity index (χ4n) is 4.38. The number of hydrogen-bond acceptors (Lipinski definition) is 1. The predicted molar refractivity (Wildman–Crippen MR) is 142 cm³/mol. The van der Waals surface area contributed by atoms with Crippen LogP contribution in [-0.4, -0.2) is 4.98 Å². The molecule has 0 spiro atoms. The highest BCUT2D eigenvalue weighted by molar-refractivity contribution is 6.18. The third-order valence-corrected chi connectivity index (χ3v) is 5.97. The van der Waals surface area contributed by atoms with Gasteiger partial charge in [-0.15, -0.1) is 0 Å². The molecular formula is C33H19N. The SMILES string of the molecule is C(#Cc1c2ccccc2c(C#Cc2ccccc2)c2c1cnc1ccccc12)c1ccccc1. The summed E-state index contributed by atoms with van der Waals surface area (Å²) in [5.74, 6) is 13.7. The molecule has 0 unspecified atom stereocenters. The molecule has 0 N–H and O–H groups in total. The Balaban J connectivity index is 1.74. The van der Waals surface area contributed by atoms with E-state index in [1.165, 1.54) is 0 Å². The molecule has 0 atom stereocenters. The Labute approximate surface area is 198 Å². The minimum Gasteiger partial charge on any atom is -0.256 e. The molecule has 6 rings (SSSR count). The molecule has 0 aliphatic heterocycles. The molecule has 156 valence electrons. The first-order valence-corrected chi connectivity index (χ1v) is 11.2. The summed E-state index contributed by atoms with van der Waals surface area (Å²) in [5.41, 5.74) is 4.93. The standard InChI is InChI=1S/C33H19N/c1-3-11-24(12-4-1)19-21-28-26-15-7-8-16-27(26)29(22-20-25-13-5-2-6-14-25)33-30-17-9-10-18-32(30)34-23-31(28)33/h1-18,23H. The lowest BCUT2D eigenvalue weighted by atomic mass is 9.90. The average Bonchev–Trinajstić information content (AvgIpc) is 2.91. The normalized spacial score (nSPS) is 10.5. The maximum Gasteiger partial charge on any atom is 0.0708 e. The molecule has 0 aliphatic carbocycles. The Morgan fingerprint density at radius 2 is 0.912 bits per heavy atom. The highest BCUT2D eigenvalue weighted by Gasteiger charge is 2.15. The molecule has 0 fully saturated rings. The smallest absolute Gasteiger partial charge is 0.0708 e. The van der Waals surface area contributed by atoms with Crippen LogP contribution < -0.4 is 0 Å². The lowest BCUT2D eigenvalue weighted by Crippen LogP contribution is -1.93. The number of nitrogens with zero attached hydrogens (tertiary/aromatic N) is 1. The van der Waals surface area contributed by atoms with Crippen LogP contribution in [-0.2, 0) is 0 Å². The van der Waals surface area contributed by atoms with Crippen molar-refractivity contribution in [1.82, 2.24) is 4.98 Å². The van der Waals surface area contributed by atoms with Crippen molar-refractivity contribution >= 4 is 32.4 Å². The molecule has 1 heteroatoms. The van der Waals surface area contributed by atoms with Gasteiger partial charge in [0, 0.05) is 44.6 Å². The summed E-state index contributed by atoms with van der Waals surface area (Å²) in [4.78, 5) is 4.78. The summed E-state index contributed by atoms with van der Waals surface area (Å²) >= 11 is 0.